The van der Waals surface area contributed by atoms with Gasteiger partial charge in [-0.05, 0) is 23.3 Å². The van der Waals surface area contributed by atoms with Gasteiger partial charge in [-0.25, -0.2) is 0 Å². The van der Waals surface area contributed by atoms with Crippen molar-refractivity contribution in [3.8, 4) is 11.5 Å². The average molecular weight is 286 g/mol. The van der Waals surface area contributed by atoms with Crippen LogP contribution in [0.5, 0.6) is 11.5 Å². The SMILES string of the molecule is CN(Cc1cccc(CN)c1)C(=O)c1c(O)cccc1O. The lowest BCUT2D eigenvalue weighted by molar-refractivity contribution is 0.0779. The molecule has 1 amide bonds. The van der Waals surface area contributed by atoms with Gasteiger partial charge in [-0.15, -0.1) is 0 Å². The number of aromatic hydroxyl groups is 2. The molecule has 0 aliphatic heterocycles. The highest BCUT2D eigenvalue weighted by Gasteiger charge is 2.19. The number of phenolic OH excluding ortho intramolecular Hbond substituents is 2. The molecule has 0 saturated carbocycles. The molecule has 0 atom stereocenters. The predicted molar refractivity (Wildman–Crippen MR) is 79.9 cm³/mol. The van der Waals surface area contributed by atoms with Crippen LogP contribution < -0.4 is 5.73 Å². The quantitative estimate of drug-likeness (QED) is 0.800. The van der Waals surface area contributed by atoms with Crippen molar-refractivity contribution in [3.63, 3.8) is 0 Å². The molecule has 0 spiro atoms. The van der Waals surface area contributed by atoms with Crippen molar-refractivity contribution in [2.75, 3.05) is 7.05 Å². The van der Waals surface area contributed by atoms with E-state index in [0.29, 0.717) is 13.1 Å². The summed E-state index contributed by atoms with van der Waals surface area (Å²) in [5.74, 6) is -0.908. The Bertz CT molecular complexity index is 635. The maximum Gasteiger partial charge on any atom is 0.261 e. The summed E-state index contributed by atoms with van der Waals surface area (Å²) in [6, 6.07) is 11.8. The lowest BCUT2D eigenvalue weighted by Gasteiger charge is -2.19. The van der Waals surface area contributed by atoms with Crippen LogP contribution in [0.15, 0.2) is 42.5 Å². The molecular weight excluding hydrogens is 268 g/mol. The van der Waals surface area contributed by atoms with Crippen molar-refractivity contribution < 1.29 is 15.0 Å². The summed E-state index contributed by atoms with van der Waals surface area (Å²) in [5, 5.41) is 19.5. The van der Waals surface area contributed by atoms with Crippen molar-refractivity contribution in [1.29, 1.82) is 0 Å². The molecule has 0 saturated heterocycles. The van der Waals surface area contributed by atoms with E-state index < -0.39 is 5.91 Å². The van der Waals surface area contributed by atoms with Gasteiger partial charge in [0.2, 0.25) is 0 Å². The van der Waals surface area contributed by atoms with Gasteiger partial charge in [-0.1, -0.05) is 30.3 Å². The second-order valence-corrected chi connectivity index (χ2v) is 4.86. The van der Waals surface area contributed by atoms with Gasteiger partial charge in [-0.2, -0.15) is 0 Å². The summed E-state index contributed by atoms with van der Waals surface area (Å²) in [7, 11) is 1.61. The third-order valence-corrected chi connectivity index (χ3v) is 3.23. The Balaban J connectivity index is 2.19. The Morgan fingerprint density at radius 3 is 2.29 bits per heavy atom. The maximum atomic E-state index is 12.3. The van der Waals surface area contributed by atoms with Gasteiger partial charge in [0.05, 0.1) is 0 Å². The van der Waals surface area contributed by atoms with E-state index in [2.05, 4.69) is 0 Å². The van der Waals surface area contributed by atoms with Gasteiger partial charge in [0.15, 0.2) is 0 Å². The molecule has 110 valence electrons. The van der Waals surface area contributed by atoms with Crippen LogP contribution >= 0.6 is 0 Å². The number of phenols is 2. The number of hydrogen-bond donors (Lipinski definition) is 3. The van der Waals surface area contributed by atoms with Crippen molar-refractivity contribution in [2.24, 2.45) is 5.73 Å². The molecule has 0 aliphatic carbocycles. The fourth-order valence-electron chi connectivity index (χ4n) is 2.14. The zero-order valence-corrected chi connectivity index (χ0v) is 11.8. The smallest absolute Gasteiger partial charge is 0.261 e. The van der Waals surface area contributed by atoms with Gasteiger partial charge in [0.25, 0.3) is 5.91 Å². The van der Waals surface area contributed by atoms with Crippen LogP contribution in [0.3, 0.4) is 0 Å². The second kappa shape index (κ2) is 6.28. The van der Waals surface area contributed by atoms with Crippen LogP contribution in [-0.4, -0.2) is 28.1 Å². The van der Waals surface area contributed by atoms with E-state index in [4.69, 9.17) is 5.73 Å². The number of hydrogen-bond acceptors (Lipinski definition) is 4. The molecule has 5 nitrogen and oxygen atoms in total. The number of rotatable bonds is 4. The number of benzene rings is 2. The van der Waals surface area contributed by atoms with E-state index >= 15 is 0 Å². The third-order valence-electron chi connectivity index (χ3n) is 3.23. The van der Waals surface area contributed by atoms with Gasteiger partial charge >= 0.3 is 0 Å². The first-order valence-electron chi connectivity index (χ1n) is 6.57. The Morgan fingerprint density at radius 2 is 1.67 bits per heavy atom. The lowest BCUT2D eigenvalue weighted by atomic mass is 10.1. The Hall–Kier alpha value is -2.53. The summed E-state index contributed by atoms with van der Waals surface area (Å²) >= 11 is 0. The maximum absolute atomic E-state index is 12.3. The number of nitrogens with two attached hydrogens (primary N) is 1. The van der Waals surface area contributed by atoms with E-state index in [0.717, 1.165) is 11.1 Å². The molecule has 5 heteroatoms. The van der Waals surface area contributed by atoms with E-state index in [9.17, 15) is 15.0 Å². The normalized spacial score (nSPS) is 10.4. The Kier molecular flexibility index (Phi) is 4.45. The van der Waals surface area contributed by atoms with Crippen LogP contribution in [0, 0.1) is 0 Å². The van der Waals surface area contributed by atoms with E-state index in [-0.39, 0.29) is 17.1 Å². The predicted octanol–water partition coefficient (Wildman–Crippen LogP) is 1.83. The Labute approximate surface area is 123 Å². The van der Waals surface area contributed by atoms with Crippen LogP contribution in [-0.2, 0) is 13.1 Å². The van der Waals surface area contributed by atoms with Crippen molar-refractivity contribution in [2.45, 2.75) is 13.1 Å². The molecule has 21 heavy (non-hydrogen) atoms. The fraction of sp³-hybridized carbons (Fsp3) is 0.188. The highest BCUT2D eigenvalue weighted by molar-refractivity contribution is 5.99. The number of nitrogens with zero attached hydrogens (tertiary/aromatic N) is 1. The molecule has 2 rings (SSSR count). The third kappa shape index (κ3) is 3.32. The largest absolute Gasteiger partial charge is 0.507 e. The molecule has 0 aromatic heterocycles. The molecule has 4 N–H and O–H groups in total. The van der Waals surface area contributed by atoms with Crippen molar-refractivity contribution >= 4 is 5.91 Å². The minimum Gasteiger partial charge on any atom is -0.507 e. The standard InChI is InChI=1S/C16H18N2O3/c1-18(10-12-5-2-4-11(8-12)9-17)16(21)15-13(19)6-3-7-14(15)20/h2-8,19-20H,9-10,17H2,1H3. The average Bonchev–Trinajstić information content (AvgIpc) is 2.47. The van der Waals surface area contributed by atoms with Gasteiger partial charge in [0.1, 0.15) is 17.1 Å². The zero-order chi connectivity index (χ0) is 15.4. The zero-order valence-electron chi connectivity index (χ0n) is 11.8. The summed E-state index contributed by atoms with van der Waals surface area (Å²) in [6.07, 6.45) is 0. The fourth-order valence-corrected chi connectivity index (χ4v) is 2.14. The molecule has 0 unspecified atom stereocenters. The summed E-state index contributed by atoms with van der Waals surface area (Å²) in [4.78, 5) is 13.8. The molecule has 2 aromatic rings. The monoisotopic (exact) mass is 286 g/mol. The topological polar surface area (TPSA) is 86.8 Å². The molecule has 0 fully saturated rings. The van der Waals surface area contributed by atoms with E-state index in [1.165, 1.54) is 23.1 Å². The first-order valence-corrected chi connectivity index (χ1v) is 6.57. The molecule has 0 heterocycles. The van der Waals surface area contributed by atoms with Gasteiger partial charge < -0.3 is 20.8 Å². The number of amides is 1. The van der Waals surface area contributed by atoms with Crippen LogP contribution in [0.4, 0.5) is 0 Å². The van der Waals surface area contributed by atoms with Crippen LogP contribution in [0.25, 0.3) is 0 Å². The van der Waals surface area contributed by atoms with Crippen molar-refractivity contribution in [3.05, 3.63) is 59.2 Å². The number of carbonyl (C=O) groups excluding carboxylic acids is 1. The Morgan fingerprint density at radius 1 is 1.10 bits per heavy atom. The van der Waals surface area contributed by atoms with Gasteiger partial charge in [0, 0.05) is 20.1 Å². The molecular formula is C16H18N2O3. The van der Waals surface area contributed by atoms with Crippen molar-refractivity contribution in [1.82, 2.24) is 4.90 Å². The number of carbonyl (C=O) groups is 1. The first kappa shape index (κ1) is 14.9. The summed E-state index contributed by atoms with van der Waals surface area (Å²) < 4.78 is 0. The highest BCUT2D eigenvalue weighted by Crippen LogP contribution is 2.27. The van der Waals surface area contributed by atoms with E-state index in [1.54, 1.807) is 7.05 Å². The molecule has 2 aromatic carbocycles. The first-order chi connectivity index (χ1) is 10.0. The minimum atomic E-state index is -0.441. The van der Waals surface area contributed by atoms with E-state index in [1.807, 2.05) is 24.3 Å². The second-order valence-electron chi connectivity index (χ2n) is 4.86. The summed E-state index contributed by atoms with van der Waals surface area (Å²) in [6.45, 7) is 0.798. The van der Waals surface area contributed by atoms with Crippen LogP contribution in [0.2, 0.25) is 0 Å². The summed E-state index contributed by atoms with van der Waals surface area (Å²) in [5.41, 5.74) is 7.42. The van der Waals surface area contributed by atoms with Gasteiger partial charge in [-0.3, -0.25) is 4.79 Å². The molecule has 0 aliphatic rings. The molecule has 0 radical (unpaired) electrons. The highest BCUT2D eigenvalue weighted by atomic mass is 16.3. The molecule has 0 bridgehead atoms. The lowest BCUT2D eigenvalue weighted by Crippen LogP contribution is -2.26. The van der Waals surface area contributed by atoms with Crippen LogP contribution in [0.1, 0.15) is 21.5 Å². The minimum absolute atomic E-state index is 0.0880.